The number of hydrogen-bond donors (Lipinski definition) is 2. The van der Waals surface area contributed by atoms with E-state index in [1.807, 2.05) is 13.8 Å². The fourth-order valence-corrected chi connectivity index (χ4v) is 3.48. The molecule has 1 atom stereocenters. The van der Waals surface area contributed by atoms with Crippen LogP contribution in [0, 0.1) is 0 Å². The fourth-order valence-electron chi connectivity index (χ4n) is 1.95. The largest absolute Gasteiger partial charge is 0.324 e. The van der Waals surface area contributed by atoms with E-state index in [1.54, 1.807) is 0 Å². The second kappa shape index (κ2) is 5.79. The SMILES string of the molecule is CCCC(C)N=C1Nc2cc(Cl)c(Cl)cc2S(=O)(=O)N1. The first-order valence-corrected chi connectivity index (χ1v) is 8.44. The van der Waals surface area contributed by atoms with Crippen molar-refractivity contribution in [1.29, 1.82) is 0 Å². The molecule has 1 heterocycles. The molecular formula is C12H15Cl2N3O2S. The van der Waals surface area contributed by atoms with Gasteiger partial charge in [0.2, 0.25) is 5.96 Å². The summed E-state index contributed by atoms with van der Waals surface area (Å²) in [4.78, 5) is 4.38. The molecule has 0 radical (unpaired) electrons. The van der Waals surface area contributed by atoms with E-state index in [0.717, 1.165) is 12.8 Å². The molecule has 2 N–H and O–H groups in total. The van der Waals surface area contributed by atoms with E-state index in [-0.39, 0.29) is 26.9 Å². The summed E-state index contributed by atoms with van der Waals surface area (Å²) in [5.74, 6) is 0.205. The molecule has 1 aromatic rings. The van der Waals surface area contributed by atoms with Crippen molar-refractivity contribution in [3.05, 3.63) is 22.2 Å². The molecule has 8 heteroatoms. The van der Waals surface area contributed by atoms with Crippen LogP contribution in [0.5, 0.6) is 0 Å². The van der Waals surface area contributed by atoms with Crippen molar-refractivity contribution in [2.75, 3.05) is 5.32 Å². The number of nitrogens with zero attached hydrogens (tertiary/aromatic N) is 1. The van der Waals surface area contributed by atoms with Gasteiger partial charge < -0.3 is 5.32 Å². The van der Waals surface area contributed by atoms with Crippen LogP contribution in [0.3, 0.4) is 0 Å². The average Bonchev–Trinajstić information content (AvgIpc) is 2.31. The Morgan fingerprint density at radius 2 is 1.95 bits per heavy atom. The van der Waals surface area contributed by atoms with Crippen LogP contribution < -0.4 is 10.0 Å². The van der Waals surface area contributed by atoms with E-state index in [2.05, 4.69) is 15.0 Å². The maximum atomic E-state index is 12.2. The standard InChI is InChI=1S/C12H15Cl2N3O2S/c1-3-4-7(2)15-12-16-10-5-8(13)9(14)6-11(10)20(18,19)17-12/h5-7H,3-4H2,1-2H3,(H2,15,16,17). The predicted octanol–water partition coefficient (Wildman–Crippen LogP) is 3.24. The highest BCUT2D eigenvalue weighted by Gasteiger charge is 2.28. The van der Waals surface area contributed by atoms with Gasteiger partial charge in [-0.05, 0) is 25.5 Å². The van der Waals surface area contributed by atoms with Crippen LogP contribution in [0.2, 0.25) is 10.0 Å². The maximum absolute atomic E-state index is 12.2. The highest BCUT2D eigenvalue weighted by molar-refractivity contribution is 7.90. The third kappa shape index (κ3) is 3.19. The van der Waals surface area contributed by atoms with Crippen LogP contribution in [0.15, 0.2) is 22.0 Å². The van der Waals surface area contributed by atoms with E-state index in [0.29, 0.717) is 5.69 Å². The number of halogens is 2. The first kappa shape index (κ1) is 15.4. The summed E-state index contributed by atoms with van der Waals surface area (Å²) in [7, 11) is -3.68. The maximum Gasteiger partial charge on any atom is 0.266 e. The zero-order chi connectivity index (χ0) is 14.9. The van der Waals surface area contributed by atoms with Gasteiger partial charge in [-0.15, -0.1) is 0 Å². The van der Waals surface area contributed by atoms with Gasteiger partial charge >= 0.3 is 0 Å². The summed E-state index contributed by atoms with van der Waals surface area (Å²) in [6.45, 7) is 3.98. The summed E-state index contributed by atoms with van der Waals surface area (Å²) in [6.07, 6.45) is 1.85. The van der Waals surface area contributed by atoms with Crippen LogP contribution in [-0.4, -0.2) is 20.4 Å². The lowest BCUT2D eigenvalue weighted by molar-refractivity contribution is 0.590. The number of anilines is 1. The van der Waals surface area contributed by atoms with Crippen molar-refractivity contribution in [3.8, 4) is 0 Å². The lowest BCUT2D eigenvalue weighted by atomic mass is 10.2. The minimum absolute atomic E-state index is 0.0227. The number of sulfonamides is 1. The van der Waals surface area contributed by atoms with Crippen LogP contribution in [0.4, 0.5) is 5.69 Å². The van der Waals surface area contributed by atoms with Crippen molar-refractivity contribution < 1.29 is 8.42 Å². The Bertz CT molecular complexity index is 659. The van der Waals surface area contributed by atoms with Crippen molar-refractivity contribution in [3.63, 3.8) is 0 Å². The molecule has 0 fully saturated rings. The second-order valence-electron chi connectivity index (χ2n) is 4.61. The zero-order valence-corrected chi connectivity index (χ0v) is 13.4. The summed E-state index contributed by atoms with van der Waals surface area (Å²) < 4.78 is 26.7. The molecular weight excluding hydrogens is 321 g/mol. The third-order valence-electron chi connectivity index (χ3n) is 2.85. The quantitative estimate of drug-likeness (QED) is 0.890. The minimum Gasteiger partial charge on any atom is -0.324 e. The smallest absolute Gasteiger partial charge is 0.266 e. The summed E-state index contributed by atoms with van der Waals surface area (Å²) in [6, 6.07) is 2.83. The molecule has 1 unspecified atom stereocenters. The molecule has 1 aliphatic rings. The van der Waals surface area contributed by atoms with Gasteiger partial charge in [-0.3, -0.25) is 0 Å². The van der Waals surface area contributed by atoms with Crippen molar-refractivity contribution in [2.24, 2.45) is 4.99 Å². The van der Waals surface area contributed by atoms with Gasteiger partial charge in [-0.2, -0.15) is 0 Å². The Kier molecular flexibility index (Phi) is 4.46. The molecule has 1 aliphatic heterocycles. The number of aliphatic imine (C=N–C) groups is 1. The number of hydrogen-bond acceptors (Lipinski definition) is 3. The summed E-state index contributed by atoms with van der Waals surface area (Å²) in [5, 5.41) is 3.41. The van der Waals surface area contributed by atoms with Crippen molar-refractivity contribution in [2.45, 2.75) is 37.6 Å². The zero-order valence-electron chi connectivity index (χ0n) is 11.1. The van der Waals surface area contributed by atoms with Gasteiger partial charge in [0.25, 0.3) is 10.0 Å². The van der Waals surface area contributed by atoms with Crippen LogP contribution in [-0.2, 0) is 10.0 Å². The monoisotopic (exact) mass is 335 g/mol. The number of rotatable bonds is 3. The number of benzene rings is 1. The molecule has 1 aromatic carbocycles. The van der Waals surface area contributed by atoms with Crippen molar-refractivity contribution in [1.82, 2.24) is 4.72 Å². The Balaban J connectivity index is 2.42. The average molecular weight is 336 g/mol. The van der Waals surface area contributed by atoms with E-state index in [9.17, 15) is 8.42 Å². The van der Waals surface area contributed by atoms with E-state index in [1.165, 1.54) is 12.1 Å². The minimum atomic E-state index is -3.68. The molecule has 0 aromatic heterocycles. The molecule has 0 saturated carbocycles. The first-order chi connectivity index (χ1) is 9.33. The number of nitrogens with one attached hydrogen (secondary N) is 2. The topological polar surface area (TPSA) is 70.6 Å². The molecule has 110 valence electrons. The lowest BCUT2D eigenvalue weighted by Gasteiger charge is -2.23. The van der Waals surface area contributed by atoms with Gasteiger partial charge in [0, 0.05) is 0 Å². The fraction of sp³-hybridized carbons (Fsp3) is 0.417. The highest BCUT2D eigenvalue weighted by Crippen LogP contribution is 2.33. The Morgan fingerprint density at radius 1 is 1.30 bits per heavy atom. The Morgan fingerprint density at radius 3 is 2.60 bits per heavy atom. The van der Waals surface area contributed by atoms with E-state index in [4.69, 9.17) is 23.2 Å². The Labute approximate surface area is 128 Å². The van der Waals surface area contributed by atoms with Gasteiger partial charge in [-0.1, -0.05) is 36.5 Å². The molecule has 0 spiro atoms. The Hall–Kier alpha value is -0.980. The first-order valence-electron chi connectivity index (χ1n) is 6.20. The van der Waals surface area contributed by atoms with E-state index < -0.39 is 10.0 Å². The normalized spacial score (nSPS) is 19.9. The van der Waals surface area contributed by atoms with Crippen molar-refractivity contribution >= 4 is 44.9 Å². The van der Waals surface area contributed by atoms with Crippen LogP contribution in [0.25, 0.3) is 0 Å². The molecule has 0 amide bonds. The molecule has 0 saturated heterocycles. The van der Waals surface area contributed by atoms with Gasteiger partial charge in [-0.25, -0.2) is 18.1 Å². The third-order valence-corrected chi connectivity index (χ3v) is 4.95. The highest BCUT2D eigenvalue weighted by atomic mass is 35.5. The van der Waals surface area contributed by atoms with Gasteiger partial charge in [0.15, 0.2) is 0 Å². The predicted molar refractivity (Wildman–Crippen MR) is 82.2 cm³/mol. The molecule has 5 nitrogen and oxygen atoms in total. The van der Waals surface area contributed by atoms with Crippen LogP contribution >= 0.6 is 23.2 Å². The van der Waals surface area contributed by atoms with Gasteiger partial charge in [0.05, 0.1) is 21.8 Å². The molecule has 20 heavy (non-hydrogen) atoms. The molecule has 0 bridgehead atoms. The number of fused-ring (bicyclic) bond motifs is 1. The molecule has 0 aliphatic carbocycles. The van der Waals surface area contributed by atoms with Crippen LogP contribution in [0.1, 0.15) is 26.7 Å². The molecule has 2 rings (SSSR count). The van der Waals surface area contributed by atoms with E-state index >= 15 is 0 Å². The summed E-state index contributed by atoms with van der Waals surface area (Å²) >= 11 is 11.8. The second-order valence-corrected chi connectivity index (χ2v) is 7.07. The summed E-state index contributed by atoms with van der Waals surface area (Å²) in [5.41, 5.74) is 0.376. The lowest BCUT2D eigenvalue weighted by Crippen LogP contribution is -2.41. The number of guanidine groups is 1. The van der Waals surface area contributed by atoms with Gasteiger partial charge in [0.1, 0.15) is 4.90 Å².